The summed E-state index contributed by atoms with van der Waals surface area (Å²) < 4.78 is 7.95. The minimum absolute atomic E-state index is 0.184. The van der Waals surface area contributed by atoms with Crippen LogP contribution in [0.2, 0.25) is 0 Å². The summed E-state index contributed by atoms with van der Waals surface area (Å²) in [5, 5.41) is 7.31. The zero-order chi connectivity index (χ0) is 12.7. The zero-order valence-electron chi connectivity index (χ0n) is 10.1. The molecule has 1 aromatic rings. The number of aryl methyl sites for hydroxylation is 1. The number of likely N-dealkylation sites (N-methyl/N-ethyl adjacent to an activating group) is 1. The number of hydrogen-bond donors (Lipinski definition) is 1. The Hall–Kier alpha value is -0.630. The van der Waals surface area contributed by atoms with Gasteiger partial charge in [-0.2, -0.15) is 5.10 Å². The van der Waals surface area contributed by atoms with Crippen molar-refractivity contribution in [1.29, 1.82) is 0 Å². The lowest BCUT2D eigenvalue weighted by Crippen LogP contribution is -2.38. The van der Waals surface area contributed by atoms with Gasteiger partial charge in [0, 0.05) is 12.7 Å². The van der Waals surface area contributed by atoms with Crippen LogP contribution in [0.5, 0.6) is 0 Å². The van der Waals surface area contributed by atoms with Gasteiger partial charge in [0.15, 0.2) is 0 Å². The Labute approximate surface area is 115 Å². The molecule has 0 saturated carbocycles. The van der Waals surface area contributed by atoms with Crippen LogP contribution in [0, 0.1) is 3.57 Å². The second-order valence-corrected chi connectivity index (χ2v) is 4.82. The third-order valence-corrected chi connectivity index (χ3v) is 2.83. The number of carbonyl (C=O) groups excluding carboxylic acids is 1. The molecule has 5 nitrogen and oxygen atoms in total. The Morgan fingerprint density at radius 2 is 2.41 bits per heavy atom. The lowest BCUT2D eigenvalue weighted by molar-refractivity contribution is -0.145. The molecule has 0 spiro atoms. The van der Waals surface area contributed by atoms with Gasteiger partial charge in [0.1, 0.15) is 6.04 Å². The predicted molar refractivity (Wildman–Crippen MR) is 73.7 cm³/mol. The maximum absolute atomic E-state index is 11.6. The first kappa shape index (κ1) is 14.4. The van der Waals surface area contributed by atoms with Gasteiger partial charge < -0.3 is 10.1 Å². The fraction of sp³-hybridized carbons (Fsp3) is 0.636. The number of aromatic nitrogens is 2. The van der Waals surface area contributed by atoms with E-state index in [0.29, 0.717) is 19.6 Å². The smallest absolute Gasteiger partial charge is 0.323 e. The van der Waals surface area contributed by atoms with Crippen molar-refractivity contribution in [2.75, 3.05) is 13.2 Å². The topological polar surface area (TPSA) is 56.2 Å². The number of ether oxygens (including phenoxy) is 1. The molecular weight excluding hydrogens is 333 g/mol. The minimum Gasteiger partial charge on any atom is -0.465 e. The van der Waals surface area contributed by atoms with Crippen LogP contribution in [0.1, 0.15) is 20.3 Å². The van der Waals surface area contributed by atoms with Crippen LogP contribution >= 0.6 is 22.6 Å². The molecule has 1 heterocycles. The molecule has 0 amide bonds. The van der Waals surface area contributed by atoms with Gasteiger partial charge in [0.2, 0.25) is 0 Å². The van der Waals surface area contributed by atoms with Gasteiger partial charge in [0.25, 0.3) is 0 Å². The fourth-order valence-corrected chi connectivity index (χ4v) is 1.96. The molecule has 0 aliphatic rings. The second kappa shape index (κ2) is 7.65. The normalized spacial score (nSPS) is 12.4. The average molecular weight is 351 g/mol. The van der Waals surface area contributed by atoms with E-state index >= 15 is 0 Å². The zero-order valence-corrected chi connectivity index (χ0v) is 12.3. The van der Waals surface area contributed by atoms with E-state index in [-0.39, 0.29) is 12.0 Å². The van der Waals surface area contributed by atoms with Crippen LogP contribution < -0.4 is 5.32 Å². The van der Waals surface area contributed by atoms with Crippen LogP contribution in [0.4, 0.5) is 0 Å². The molecule has 0 saturated heterocycles. The number of hydrogen-bond acceptors (Lipinski definition) is 4. The van der Waals surface area contributed by atoms with Crippen LogP contribution in [0.25, 0.3) is 0 Å². The first-order chi connectivity index (χ1) is 8.17. The van der Waals surface area contributed by atoms with Crippen molar-refractivity contribution < 1.29 is 9.53 Å². The van der Waals surface area contributed by atoms with Crippen molar-refractivity contribution >= 4 is 28.6 Å². The van der Waals surface area contributed by atoms with Gasteiger partial charge in [-0.25, -0.2) is 0 Å². The molecule has 0 aliphatic heterocycles. The van der Waals surface area contributed by atoms with Crippen molar-refractivity contribution in [2.45, 2.75) is 32.9 Å². The van der Waals surface area contributed by atoms with Gasteiger partial charge in [-0.1, -0.05) is 6.92 Å². The van der Waals surface area contributed by atoms with Crippen LogP contribution in [-0.2, 0) is 16.1 Å². The molecule has 17 heavy (non-hydrogen) atoms. The Balaban J connectivity index is 2.46. The third-order valence-electron chi connectivity index (χ3n) is 2.27. The molecule has 96 valence electrons. The summed E-state index contributed by atoms with van der Waals surface area (Å²) in [4.78, 5) is 11.6. The maximum Gasteiger partial charge on any atom is 0.323 e. The summed E-state index contributed by atoms with van der Waals surface area (Å²) >= 11 is 2.21. The summed E-state index contributed by atoms with van der Waals surface area (Å²) in [6.45, 7) is 5.67. The number of carbonyl (C=O) groups is 1. The van der Waals surface area contributed by atoms with Gasteiger partial charge >= 0.3 is 5.97 Å². The standard InChI is InChI=1S/C11H18IN3O2/c1-3-13-10(11(16)17-4-2)5-6-15-8-9(12)7-14-15/h7-8,10,13H,3-6H2,1-2H3. The molecule has 1 rings (SSSR count). The van der Waals surface area contributed by atoms with E-state index in [1.54, 1.807) is 6.20 Å². The highest BCUT2D eigenvalue weighted by Crippen LogP contribution is 2.04. The molecule has 1 unspecified atom stereocenters. The number of nitrogens with one attached hydrogen (secondary N) is 1. The highest BCUT2D eigenvalue weighted by Gasteiger charge is 2.18. The monoisotopic (exact) mass is 351 g/mol. The molecule has 0 bridgehead atoms. The summed E-state index contributed by atoms with van der Waals surface area (Å²) in [5.41, 5.74) is 0. The van der Waals surface area contributed by atoms with Crippen molar-refractivity contribution in [3.05, 3.63) is 16.0 Å². The van der Waals surface area contributed by atoms with Crippen molar-refractivity contribution in [3.63, 3.8) is 0 Å². The van der Waals surface area contributed by atoms with Gasteiger partial charge in [-0.15, -0.1) is 0 Å². The molecule has 6 heteroatoms. The van der Waals surface area contributed by atoms with E-state index in [1.807, 2.05) is 24.7 Å². The summed E-state index contributed by atoms with van der Waals surface area (Å²) in [7, 11) is 0. The van der Waals surface area contributed by atoms with E-state index in [1.165, 1.54) is 0 Å². The van der Waals surface area contributed by atoms with Crippen molar-refractivity contribution in [3.8, 4) is 0 Å². The quantitative estimate of drug-likeness (QED) is 0.596. The second-order valence-electron chi connectivity index (χ2n) is 3.57. The number of esters is 1. The molecule has 1 aromatic heterocycles. The van der Waals surface area contributed by atoms with E-state index in [2.05, 4.69) is 33.0 Å². The van der Waals surface area contributed by atoms with E-state index in [9.17, 15) is 4.79 Å². The lowest BCUT2D eigenvalue weighted by atomic mass is 10.2. The summed E-state index contributed by atoms with van der Waals surface area (Å²) in [5.74, 6) is -0.184. The van der Waals surface area contributed by atoms with Gasteiger partial charge in [-0.3, -0.25) is 9.48 Å². The van der Waals surface area contributed by atoms with Crippen LogP contribution in [0.3, 0.4) is 0 Å². The molecule has 1 atom stereocenters. The molecule has 0 radical (unpaired) electrons. The Kier molecular flexibility index (Phi) is 6.49. The predicted octanol–water partition coefficient (Wildman–Crippen LogP) is 1.42. The van der Waals surface area contributed by atoms with Crippen molar-refractivity contribution in [1.82, 2.24) is 15.1 Å². The minimum atomic E-state index is -0.248. The highest BCUT2D eigenvalue weighted by molar-refractivity contribution is 14.1. The van der Waals surface area contributed by atoms with Crippen LogP contribution in [-0.4, -0.2) is 34.9 Å². The average Bonchev–Trinajstić information content (AvgIpc) is 2.70. The largest absolute Gasteiger partial charge is 0.465 e. The Bertz CT molecular complexity index is 354. The molecule has 0 fully saturated rings. The third kappa shape index (κ3) is 5.03. The maximum atomic E-state index is 11.6. The Morgan fingerprint density at radius 1 is 1.65 bits per heavy atom. The van der Waals surface area contributed by atoms with Gasteiger partial charge in [0.05, 0.1) is 16.4 Å². The molecule has 1 N–H and O–H groups in total. The molecule has 0 aromatic carbocycles. The van der Waals surface area contributed by atoms with Gasteiger partial charge in [-0.05, 0) is 42.5 Å². The van der Waals surface area contributed by atoms with E-state index < -0.39 is 0 Å². The first-order valence-electron chi connectivity index (χ1n) is 5.75. The van der Waals surface area contributed by atoms with E-state index in [0.717, 1.165) is 10.1 Å². The SMILES string of the molecule is CCNC(CCn1cc(I)cn1)C(=O)OCC. The Morgan fingerprint density at radius 3 is 2.94 bits per heavy atom. The summed E-state index contributed by atoms with van der Waals surface area (Å²) in [6.07, 6.45) is 4.44. The fourth-order valence-electron chi connectivity index (χ4n) is 1.51. The van der Waals surface area contributed by atoms with Crippen molar-refractivity contribution in [2.24, 2.45) is 0 Å². The summed E-state index contributed by atoms with van der Waals surface area (Å²) in [6, 6.07) is -0.248. The highest BCUT2D eigenvalue weighted by atomic mass is 127. The lowest BCUT2D eigenvalue weighted by Gasteiger charge is -2.15. The van der Waals surface area contributed by atoms with E-state index in [4.69, 9.17) is 4.74 Å². The molecule has 0 aliphatic carbocycles. The number of nitrogens with zero attached hydrogens (tertiary/aromatic N) is 2. The molecular formula is C11H18IN3O2. The first-order valence-corrected chi connectivity index (χ1v) is 6.83. The number of rotatable bonds is 7. The van der Waals surface area contributed by atoms with Crippen LogP contribution in [0.15, 0.2) is 12.4 Å². The number of halogens is 1.